The van der Waals surface area contributed by atoms with Crippen LogP contribution in [0.4, 0.5) is 4.39 Å². The summed E-state index contributed by atoms with van der Waals surface area (Å²) < 4.78 is 18.9. The topological polar surface area (TPSA) is 38.1 Å². The first-order chi connectivity index (χ1) is 8.15. The number of nitrogens with one attached hydrogen (secondary N) is 1. The van der Waals surface area contributed by atoms with Crippen LogP contribution in [0.15, 0.2) is 16.5 Å². The van der Waals surface area contributed by atoms with Crippen molar-refractivity contribution in [1.82, 2.24) is 10.3 Å². The Bertz CT molecular complexity index is 530. The zero-order valence-electron chi connectivity index (χ0n) is 9.34. The molecule has 1 fully saturated rings. The van der Waals surface area contributed by atoms with E-state index >= 15 is 0 Å². The number of halogens is 2. The molecule has 2 unspecified atom stereocenters. The minimum atomic E-state index is -0.473. The van der Waals surface area contributed by atoms with Crippen molar-refractivity contribution in [2.24, 2.45) is 5.92 Å². The van der Waals surface area contributed by atoms with Crippen LogP contribution in [0.1, 0.15) is 18.7 Å². The van der Waals surface area contributed by atoms with Gasteiger partial charge >= 0.3 is 0 Å². The molecule has 0 saturated carbocycles. The molecule has 1 saturated heterocycles. The van der Waals surface area contributed by atoms with E-state index in [1.54, 1.807) is 0 Å². The lowest BCUT2D eigenvalue weighted by Crippen LogP contribution is -2.08. The van der Waals surface area contributed by atoms with Gasteiger partial charge in [0, 0.05) is 12.6 Å². The molecule has 2 atom stereocenters. The van der Waals surface area contributed by atoms with Gasteiger partial charge in [-0.1, -0.05) is 18.5 Å². The Hall–Kier alpha value is -1.13. The maximum absolute atomic E-state index is 13.3. The predicted octanol–water partition coefficient (Wildman–Crippen LogP) is 2.94. The van der Waals surface area contributed by atoms with Crippen LogP contribution in [0.5, 0.6) is 0 Å². The van der Waals surface area contributed by atoms with Gasteiger partial charge in [-0.15, -0.1) is 0 Å². The van der Waals surface area contributed by atoms with Gasteiger partial charge in [-0.2, -0.15) is 0 Å². The van der Waals surface area contributed by atoms with Crippen LogP contribution in [0, 0.1) is 11.7 Å². The Labute approximate surface area is 103 Å². The van der Waals surface area contributed by atoms with Crippen molar-refractivity contribution in [3.63, 3.8) is 0 Å². The summed E-state index contributed by atoms with van der Waals surface area (Å²) in [7, 11) is 0. The lowest BCUT2D eigenvalue weighted by atomic mass is 9.98. The zero-order valence-corrected chi connectivity index (χ0v) is 10.1. The summed E-state index contributed by atoms with van der Waals surface area (Å²) in [6, 6.07) is 2.80. The highest BCUT2D eigenvalue weighted by Gasteiger charge is 2.29. The summed E-state index contributed by atoms with van der Waals surface area (Å²) in [6.07, 6.45) is 0. The molecule has 1 aliphatic heterocycles. The molecule has 0 bridgehead atoms. The minimum absolute atomic E-state index is 0.0787. The van der Waals surface area contributed by atoms with E-state index in [9.17, 15) is 4.39 Å². The Morgan fingerprint density at radius 2 is 2.29 bits per heavy atom. The number of aromatic nitrogens is 1. The molecule has 1 N–H and O–H groups in total. The fraction of sp³-hybridized carbons (Fsp3) is 0.417. The Morgan fingerprint density at radius 1 is 1.47 bits per heavy atom. The van der Waals surface area contributed by atoms with E-state index in [1.165, 1.54) is 12.1 Å². The van der Waals surface area contributed by atoms with Crippen molar-refractivity contribution in [3.8, 4) is 0 Å². The van der Waals surface area contributed by atoms with Crippen molar-refractivity contribution in [2.45, 2.75) is 12.8 Å². The maximum Gasteiger partial charge on any atom is 0.200 e. The second-order valence-electron chi connectivity index (χ2n) is 4.53. The summed E-state index contributed by atoms with van der Waals surface area (Å²) >= 11 is 5.72. The Balaban J connectivity index is 2.07. The Morgan fingerprint density at radius 3 is 3.00 bits per heavy atom. The van der Waals surface area contributed by atoms with E-state index in [2.05, 4.69) is 17.2 Å². The van der Waals surface area contributed by atoms with Crippen LogP contribution >= 0.6 is 11.6 Å². The van der Waals surface area contributed by atoms with Gasteiger partial charge in [0.2, 0.25) is 0 Å². The standard InChI is InChI=1S/C12H12ClFN2O/c1-6-4-15-5-7(6)12-16-10-2-8(13)9(14)3-11(10)17-12/h2-3,6-7,15H,4-5H2,1H3. The predicted molar refractivity (Wildman–Crippen MR) is 63.8 cm³/mol. The molecule has 0 spiro atoms. The number of hydrogen-bond donors (Lipinski definition) is 1. The van der Waals surface area contributed by atoms with Crippen LogP contribution < -0.4 is 5.32 Å². The molecule has 3 nitrogen and oxygen atoms in total. The quantitative estimate of drug-likeness (QED) is 0.850. The molecule has 1 aromatic carbocycles. The molecule has 90 valence electrons. The lowest BCUT2D eigenvalue weighted by Gasteiger charge is -2.08. The average Bonchev–Trinajstić information content (AvgIpc) is 2.85. The SMILES string of the molecule is CC1CNCC1c1nc2cc(Cl)c(F)cc2o1. The molecular weight excluding hydrogens is 243 g/mol. The molecule has 0 aliphatic carbocycles. The molecule has 1 aromatic heterocycles. The second kappa shape index (κ2) is 3.96. The van der Waals surface area contributed by atoms with Crippen LogP contribution in [-0.4, -0.2) is 18.1 Å². The third-order valence-electron chi connectivity index (χ3n) is 3.28. The van der Waals surface area contributed by atoms with Crippen molar-refractivity contribution >= 4 is 22.7 Å². The van der Waals surface area contributed by atoms with Crippen LogP contribution in [0.25, 0.3) is 11.1 Å². The van der Waals surface area contributed by atoms with E-state index < -0.39 is 5.82 Å². The van der Waals surface area contributed by atoms with E-state index in [0.717, 1.165) is 13.1 Å². The molecule has 2 aromatic rings. The van der Waals surface area contributed by atoms with Gasteiger partial charge in [-0.3, -0.25) is 0 Å². The fourth-order valence-electron chi connectivity index (χ4n) is 2.24. The smallest absolute Gasteiger partial charge is 0.200 e. The van der Waals surface area contributed by atoms with Gasteiger partial charge in [0.15, 0.2) is 11.5 Å². The monoisotopic (exact) mass is 254 g/mol. The van der Waals surface area contributed by atoms with Gasteiger partial charge in [0.1, 0.15) is 11.3 Å². The Kier molecular flexibility index (Phi) is 2.56. The van der Waals surface area contributed by atoms with Gasteiger partial charge < -0.3 is 9.73 Å². The summed E-state index contributed by atoms with van der Waals surface area (Å²) in [6.45, 7) is 3.95. The highest BCUT2D eigenvalue weighted by molar-refractivity contribution is 6.31. The van der Waals surface area contributed by atoms with Crippen LogP contribution in [-0.2, 0) is 0 Å². The number of fused-ring (bicyclic) bond motifs is 1. The molecule has 0 amide bonds. The number of rotatable bonds is 1. The molecular formula is C12H12ClFN2O. The number of benzene rings is 1. The lowest BCUT2D eigenvalue weighted by molar-refractivity contribution is 0.434. The van der Waals surface area contributed by atoms with Crippen molar-refractivity contribution < 1.29 is 8.81 Å². The first-order valence-corrected chi connectivity index (χ1v) is 5.99. The third kappa shape index (κ3) is 1.81. The average molecular weight is 255 g/mol. The van der Waals surface area contributed by atoms with E-state index in [-0.39, 0.29) is 10.9 Å². The van der Waals surface area contributed by atoms with Gasteiger partial charge in [0.25, 0.3) is 0 Å². The highest BCUT2D eigenvalue weighted by atomic mass is 35.5. The van der Waals surface area contributed by atoms with E-state index in [0.29, 0.717) is 22.9 Å². The van der Waals surface area contributed by atoms with E-state index in [1.807, 2.05) is 0 Å². The maximum atomic E-state index is 13.3. The van der Waals surface area contributed by atoms with Crippen molar-refractivity contribution in [1.29, 1.82) is 0 Å². The second-order valence-corrected chi connectivity index (χ2v) is 4.94. The highest BCUT2D eigenvalue weighted by Crippen LogP contribution is 2.31. The summed E-state index contributed by atoms with van der Waals surface area (Å²) in [5.74, 6) is 0.922. The third-order valence-corrected chi connectivity index (χ3v) is 3.57. The molecule has 17 heavy (non-hydrogen) atoms. The van der Waals surface area contributed by atoms with Gasteiger partial charge in [0.05, 0.1) is 10.9 Å². The largest absolute Gasteiger partial charge is 0.440 e. The molecule has 2 heterocycles. The van der Waals surface area contributed by atoms with Gasteiger partial charge in [-0.05, 0) is 18.5 Å². The molecule has 1 aliphatic rings. The summed E-state index contributed by atoms with van der Waals surface area (Å²) in [4.78, 5) is 4.39. The van der Waals surface area contributed by atoms with Crippen LogP contribution in [0.2, 0.25) is 5.02 Å². The fourth-order valence-corrected chi connectivity index (χ4v) is 2.40. The number of oxazole rings is 1. The zero-order chi connectivity index (χ0) is 12.0. The summed E-state index contributed by atoms with van der Waals surface area (Å²) in [5.41, 5.74) is 1.08. The van der Waals surface area contributed by atoms with Crippen molar-refractivity contribution in [2.75, 3.05) is 13.1 Å². The number of nitrogens with zero attached hydrogens (tertiary/aromatic N) is 1. The van der Waals surface area contributed by atoms with Gasteiger partial charge in [-0.25, -0.2) is 9.37 Å². The summed E-state index contributed by atoms with van der Waals surface area (Å²) in [5, 5.41) is 3.37. The first-order valence-electron chi connectivity index (χ1n) is 5.61. The minimum Gasteiger partial charge on any atom is -0.440 e. The number of hydrogen-bond acceptors (Lipinski definition) is 3. The molecule has 3 rings (SSSR count). The van der Waals surface area contributed by atoms with E-state index in [4.69, 9.17) is 16.0 Å². The van der Waals surface area contributed by atoms with Crippen molar-refractivity contribution in [3.05, 3.63) is 28.9 Å². The van der Waals surface area contributed by atoms with Crippen LogP contribution in [0.3, 0.4) is 0 Å². The normalized spacial score (nSPS) is 24.6. The first kappa shape index (κ1) is 11.0. The molecule has 0 radical (unpaired) electrons. The molecule has 5 heteroatoms.